The lowest BCUT2D eigenvalue weighted by Gasteiger charge is -2.50. The number of β-amino-alcohol motifs (C(OH)–C–C–N with tert-alkyl or cyclic N) is 4. The predicted octanol–water partition coefficient (Wildman–Crippen LogP) is -0.116. The van der Waals surface area contributed by atoms with Crippen molar-refractivity contribution in [3.05, 3.63) is 84.6 Å². The van der Waals surface area contributed by atoms with Gasteiger partial charge in [-0.05, 0) is 30.7 Å². The first kappa shape index (κ1) is 26.7. The van der Waals surface area contributed by atoms with Crippen LogP contribution >= 0.6 is 0 Å². The highest BCUT2D eigenvalue weighted by Crippen LogP contribution is 2.36. The average Bonchev–Trinajstić information content (AvgIpc) is 3.54. The van der Waals surface area contributed by atoms with Gasteiger partial charge in [0.25, 0.3) is 11.8 Å². The molecule has 1 aromatic carbocycles. The number of hydrogen-bond acceptors (Lipinski definition) is 12. The van der Waals surface area contributed by atoms with Gasteiger partial charge in [0.15, 0.2) is 5.82 Å². The molecular formula is C26H27FN10O4. The van der Waals surface area contributed by atoms with E-state index < -0.39 is 36.3 Å². The van der Waals surface area contributed by atoms with Crippen LogP contribution < -0.4 is 15.5 Å². The number of benzene rings is 1. The summed E-state index contributed by atoms with van der Waals surface area (Å²) in [6.07, 6.45) is 9.19. The predicted molar refractivity (Wildman–Crippen MR) is 143 cm³/mol. The molecule has 212 valence electrons. The van der Waals surface area contributed by atoms with Gasteiger partial charge in [0.05, 0.1) is 24.8 Å². The van der Waals surface area contributed by atoms with E-state index in [0.717, 1.165) is 5.56 Å². The molecule has 0 amide bonds. The molecule has 15 heteroatoms. The molecule has 1 unspecified atom stereocenters. The highest BCUT2D eigenvalue weighted by atomic mass is 19.1. The second-order valence-corrected chi connectivity index (χ2v) is 10.3. The third-order valence-electron chi connectivity index (χ3n) is 7.12. The molecule has 5 heterocycles. The number of anilines is 2. The minimum atomic E-state index is -2.83. The number of halogens is 1. The second-order valence-electron chi connectivity index (χ2n) is 10.3. The lowest BCUT2D eigenvalue weighted by Crippen LogP contribution is -2.74. The zero-order valence-electron chi connectivity index (χ0n) is 22.0. The first-order valence-electron chi connectivity index (χ1n) is 12.5. The zero-order valence-corrected chi connectivity index (χ0v) is 22.0. The van der Waals surface area contributed by atoms with Crippen LogP contribution in [0.5, 0.6) is 0 Å². The Morgan fingerprint density at radius 2 is 1.54 bits per heavy atom. The first-order chi connectivity index (χ1) is 19.3. The lowest BCUT2D eigenvalue weighted by atomic mass is 9.87. The van der Waals surface area contributed by atoms with E-state index in [9.17, 15) is 24.8 Å². The maximum absolute atomic E-state index is 13.4. The van der Waals surface area contributed by atoms with Gasteiger partial charge in [0, 0.05) is 48.5 Å². The molecule has 1 saturated heterocycles. The topological polar surface area (TPSA) is 187 Å². The minimum Gasteiger partial charge on any atom is -0.347 e. The number of fused-ring (bicyclic) bond motifs is 1. The summed E-state index contributed by atoms with van der Waals surface area (Å²) in [7, 11) is 1.78. The van der Waals surface area contributed by atoms with E-state index in [0.29, 0.717) is 27.1 Å². The Kier molecular flexibility index (Phi) is 6.02. The van der Waals surface area contributed by atoms with Crippen LogP contribution in [0, 0.1) is 5.82 Å². The van der Waals surface area contributed by atoms with Crippen molar-refractivity contribution < 1.29 is 24.8 Å². The summed E-state index contributed by atoms with van der Waals surface area (Å²) in [6, 6.07) is 7.42. The zero-order chi connectivity index (χ0) is 29.2. The summed E-state index contributed by atoms with van der Waals surface area (Å²) < 4.78 is 16.5. The molecular weight excluding hydrogens is 535 g/mol. The Bertz CT molecular complexity index is 1700. The lowest BCUT2D eigenvalue weighted by molar-refractivity contribution is -0.257. The molecule has 5 aromatic rings. The van der Waals surface area contributed by atoms with Crippen molar-refractivity contribution in [2.75, 3.05) is 22.9 Å². The Morgan fingerprint density at radius 3 is 2.15 bits per heavy atom. The molecule has 0 aliphatic carbocycles. The number of aromatic nitrogens is 7. The summed E-state index contributed by atoms with van der Waals surface area (Å²) in [5.41, 5.74) is 8.36. The SMILES string of the molecule is Cn1cc(-c2cc3c(N4C(O)(O)CN(c5ncc(C(C)(N)c6ccc(F)cc6)cn5)CC4(O)O)ncnn3c2)cn1. The number of hydrogen-bond donors (Lipinski definition) is 5. The van der Waals surface area contributed by atoms with Gasteiger partial charge in [-0.1, -0.05) is 12.1 Å². The number of aryl methyl sites for hydroxylation is 1. The number of aliphatic hydroxyl groups is 4. The standard InChI is InChI=1S/C26H27FN10O4/c1-24(28,18-3-5-20(27)6-4-18)19-9-29-23(30-10-19)35-13-25(38,39)37(26(40,41)14-35)22-21-7-16(12-36(21)33-15-31-22)17-8-32-34(2)11-17/h3-12,15,38-41H,13-14,28H2,1-2H3. The van der Waals surface area contributed by atoms with Crippen LogP contribution in [0.15, 0.2) is 67.6 Å². The van der Waals surface area contributed by atoms with Crippen molar-refractivity contribution in [2.24, 2.45) is 12.8 Å². The van der Waals surface area contributed by atoms with Crippen LogP contribution in [0.1, 0.15) is 18.1 Å². The quantitative estimate of drug-likeness (QED) is 0.179. The monoisotopic (exact) mass is 562 g/mol. The number of nitrogens with zero attached hydrogens (tertiary/aromatic N) is 9. The van der Waals surface area contributed by atoms with E-state index in [4.69, 9.17) is 5.73 Å². The van der Waals surface area contributed by atoms with Crippen LogP contribution in [0.4, 0.5) is 16.2 Å². The summed E-state index contributed by atoms with van der Waals surface area (Å²) in [5, 5.41) is 52.8. The largest absolute Gasteiger partial charge is 0.347 e. The van der Waals surface area contributed by atoms with Gasteiger partial charge in [0.2, 0.25) is 5.95 Å². The van der Waals surface area contributed by atoms with E-state index in [-0.39, 0.29) is 11.8 Å². The average molecular weight is 563 g/mol. The Hall–Kier alpha value is -4.54. The molecule has 1 fully saturated rings. The van der Waals surface area contributed by atoms with E-state index in [2.05, 4.69) is 25.1 Å². The van der Waals surface area contributed by atoms with Gasteiger partial charge in [0.1, 0.15) is 17.7 Å². The maximum atomic E-state index is 13.4. The Labute approximate surface area is 232 Å². The molecule has 1 aliphatic heterocycles. The van der Waals surface area contributed by atoms with Crippen molar-refractivity contribution in [1.29, 1.82) is 0 Å². The molecule has 0 spiro atoms. The van der Waals surface area contributed by atoms with Crippen LogP contribution in [-0.2, 0) is 12.6 Å². The van der Waals surface area contributed by atoms with Crippen LogP contribution in [0.2, 0.25) is 0 Å². The van der Waals surface area contributed by atoms with Crippen molar-refractivity contribution in [2.45, 2.75) is 24.3 Å². The molecule has 41 heavy (non-hydrogen) atoms. The summed E-state index contributed by atoms with van der Waals surface area (Å²) in [4.78, 5) is 14.6. The molecule has 6 N–H and O–H groups in total. The van der Waals surface area contributed by atoms with Crippen LogP contribution in [-0.4, -0.2) is 79.7 Å². The Balaban J connectivity index is 1.30. The van der Waals surface area contributed by atoms with E-state index in [1.807, 2.05) is 0 Å². The molecule has 1 aliphatic rings. The van der Waals surface area contributed by atoms with Gasteiger partial charge >= 0.3 is 0 Å². The molecule has 1 atom stereocenters. The maximum Gasteiger partial charge on any atom is 0.270 e. The van der Waals surface area contributed by atoms with Crippen molar-refractivity contribution >= 4 is 17.3 Å². The minimum absolute atomic E-state index is 0.00218. The van der Waals surface area contributed by atoms with Gasteiger partial charge < -0.3 is 31.1 Å². The normalized spacial score (nSPS) is 18.0. The van der Waals surface area contributed by atoms with E-state index in [1.165, 1.54) is 40.3 Å². The van der Waals surface area contributed by atoms with Crippen LogP contribution in [0.3, 0.4) is 0 Å². The van der Waals surface area contributed by atoms with Gasteiger partial charge in [-0.2, -0.15) is 10.2 Å². The second kappa shape index (κ2) is 9.25. The van der Waals surface area contributed by atoms with Crippen molar-refractivity contribution in [3.63, 3.8) is 0 Å². The smallest absolute Gasteiger partial charge is 0.270 e. The summed E-state index contributed by atoms with van der Waals surface area (Å²) in [5.74, 6) is -6.17. The first-order valence-corrected chi connectivity index (χ1v) is 12.5. The van der Waals surface area contributed by atoms with Gasteiger partial charge in [-0.15, -0.1) is 0 Å². The van der Waals surface area contributed by atoms with Crippen molar-refractivity contribution in [1.82, 2.24) is 34.3 Å². The molecule has 14 nitrogen and oxygen atoms in total. The fourth-order valence-electron chi connectivity index (χ4n) is 5.01. The fourth-order valence-corrected chi connectivity index (χ4v) is 5.01. The van der Waals surface area contributed by atoms with E-state index in [1.54, 1.807) is 55.4 Å². The number of nitrogens with two attached hydrogens (primary N) is 1. The number of rotatable bonds is 5. The van der Waals surface area contributed by atoms with Gasteiger partial charge in [-0.3, -0.25) is 4.68 Å². The van der Waals surface area contributed by atoms with Gasteiger partial charge in [-0.25, -0.2) is 28.8 Å². The Morgan fingerprint density at radius 1 is 0.878 bits per heavy atom. The molecule has 0 radical (unpaired) electrons. The highest BCUT2D eigenvalue weighted by Gasteiger charge is 2.54. The molecule has 0 saturated carbocycles. The molecule has 0 bridgehead atoms. The van der Waals surface area contributed by atoms with Crippen LogP contribution in [0.25, 0.3) is 16.6 Å². The fraction of sp³-hybridized carbons (Fsp3) is 0.269. The summed E-state index contributed by atoms with van der Waals surface area (Å²) in [6.45, 7) is 0.666. The van der Waals surface area contributed by atoms with E-state index >= 15 is 0 Å². The molecule has 6 rings (SSSR count). The third kappa shape index (κ3) is 4.64. The van der Waals surface area contributed by atoms with Crippen molar-refractivity contribution in [3.8, 4) is 11.1 Å². The number of piperazine rings is 1. The third-order valence-corrected chi connectivity index (χ3v) is 7.12. The highest BCUT2D eigenvalue weighted by molar-refractivity contribution is 5.78. The summed E-state index contributed by atoms with van der Waals surface area (Å²) >= 11 is 0. The molecule has 4 aromatic heterocycles.